The molecule has 1 aliphatic heterocycles. The van der Waals surface area contributed by atoms with Crippen LogP contribution in [0.5, 0.6) is 0 Å². The van der Waals surface area contributed by atoms with E-state index in [4.69, 9.17) is 9.47 Å². The van der Waals surface area contributed by atoms with Crippen LogP contribution in [-0.2, 0) is 19.1 Å². The molecular formula is C15H21NO5. The van der Waals surface area contributed by atoms with Crippen molar-refractivity contribution in [2.45, 2.75) is 18.4 Å². The zero-order valence-electron chi connectivity index (χ0n) is 12.1. The Hall–Kier alpha value is -1.40. The van der Waals surface area contributed by atoms with Gasteiger partial charge in [-0.15, -0.1) is 0 Å². The van der Waals surface area contributed by atoms with E-state index in [-0.39, 0.29) is 17.7 Å². The lowest BCUT2D eigenvalue weighted by atomic mass is 9.82. The summed E-state index contributed by atoms with van der Waals surface area (Å²) < 4.78 is 10.8. The maximum absolute atomic E-state index is 12.5. The van der Waals surface area contributed by atoms with Crippen LogP contribution in [0.15, 0.2) is 12.2 Å². The number of carboxylic acid groups (broad SMARTS) is 1. The highest BCUT2D eigenvalue weighted by Gasteiger charge is 2.51. The van der Waals surface area contributed by atoms with Gasteiger partial charge in [-0.25, -0.2) is 0 Å². The number of amides is 1. The van der Waals surface area contributed by atoms with Crippen LogP contribution in [0, 0.1) is 23.7 Å². The van der Waals surface area contributed by atoms with Crippen LogP contribution in [0.4, 0.5) is 0 Å². The van der Waals surface area contributed by atoms with Gasteiger partial charge in [-0.2, -0.15) is 0 Å². The lowest BCUT2D eigenvalue weighted by Crippen LogP contribution is -2.48. The molecule has 0 aromatic heterocycles. The van der Waals surface area contributed by atoms with E-state index in [9.17, 15) is 14.7 Å². The number of hydrogen-bond donors (Lipinski definition) is 2. The zero-order valence-corrected chi connectivity index (χ0v) is 12.1. The summed E-state index contributed by atoms with van der Waals surface area (Å²) in [4.78, 5) is 23.9. The lowest BCUT2D eigenvalue weighted by molar-refractivity contribution is -0.148. The van der Waals surface area contributed by atoms with Crippen LogP contribution in [0.1, 0.15) is 12.8 Å². The number of carboxylic acids is 1. The van der Waals surface area contributed by atoms with Crippen molar-refractivity contribution in [1.29, 1.82) is 0 Å². The molecule has 116 valence electrons. The Bertz CT molecular complexity index is 469. The van der Waals surface area contributed by atoms with Crippen molar-refractivity contribution >= 4 is 11.9 Å². The van der Waals surface area contributed by atoms with Crippen molar-refractivity contribution in [3.05, 3.63) is 12.2 Å². The topological polar surface area (TPSA) is 84.9 Å². The molecule has 3 rings (SSSR count). The van der Waals surface area contributed by atoms with Gasteiger partial charge in [0, 0.05) is 26.7 Å². The Morgan fingerprint density at radius 3 is 2.67 bits per heavy atom. The van der Waals surface area contributed by atoms with Crippen LogP contribution in [0.2, 0.25) is 0 Å². The molecule has 2 bridgehead atoms. The zero-order chi connectivity index (χ0) is 15.0. The Morgan fingerprint density at radius 1 is 1.38 bits per heavy atom. The molecule has 1 heterocycles. The first-order valence-corrected chi connectivity index (χ1v) is 7.38. The molecule has 6 nitrogen and oxygen atoms in total. The highest BCUT2D eigenvalue weighted by Crippen LogP contribution is 2.48. The van der Waals surface area contributed by atoms with Crippen LogP contribution in [-0.4, -0.2) is 49.5 Å². The number of carbonyl (C=O) groups excluding carboxylic acids is 1. The molecule has 2 fully saturated rings. The van der Waals surface area contributed by atoms with Gasteiger partial charge in [0.05, 0.1) is 18.4 Å². The summed E-state index contributed by atoms with van der Waals surface area (Å²) in [6.07, 6.45) is 5.43. The predicted octanol–water partition coefficient (Wildman–Crippen LogP) is 0.431. The van der Waals surface area contributed by atoms with Crippen LogP contribution in [0.25, 0.3) is 0 Å². The van der Waals surface area contributed by atoms with Crippen molar-refractivity contribution in [3.63, 3.8) is 0 Å². The number of nitrogens with one attached hydrogen (secondary N) is 1. The Balaban J connectivity index is 1.65. The summed E-state index contributed by atoms with van der Waals surface area (Å²) in [5.41, 5.74) is -0.470. The highest BCUT2D eigenvalue weighted by molar-refractivity contribution is 5.86. The first-order valence-electron chi connectivity index (χ1n) is 7.38. The minimum Gasteiger partial charge on any atom is -0.481 e. The van der Waals surface area contributed by atoms with Gasteiger partial charge in [0.1, 0.15) is 5.60 Å². The van der Waals surface area contributed by atoms with Crippen LogP contribution in [0.3, 0.4) is 0 Å². The van der Waals surface area contributed by atoms with Gasteiger partial charge in [0.15, 0.2) is 0 Å². The van der Waals surface area contributed by atoms with Crippen molar-refractivity contribution in [2.24, 2.45) is 23.7 Å². The number of fused-ring (bicyclic) bond motifs is 2. The number of allylic oxidation sites excluding steroid dienone is 2. The molecule has 1 amide bonds. The molecule has 0 aromatic carbocycles. The minimum absolute atomic E-state index is 0.00514. The minimum atomic E-state index is -0.877. The Labute approximate surface area is 123 Å². The summed E-state index contributed by atoms with van der Waals surface area (Å²) in [5.74, 6) is -2.07. The third-order valence-corrected chi connectivity index (χ3v) is 5.13. The average Bonchev–Trinajstić information content (AvgIpc) is 3.19. The first kappa shape index (κ1) is 14.5. The Morgan fingerprint density at radius 2 is 2.10 bits per heavy atom. The molecule has 0 aromatic rings. The largest absolute Gasteiger partial charge is 0.481 e. The van der Waals surface area contributed by atoms with Crippen LogP contribution >= 0.6 is 0 Å². The molecule has 0 spiro atoms. The van der Waals surface area contributed by atoms with E-state index in [0.29, 0.717) is 19.8 Å². The van der Waals surface area contributed by atoms with Gasteiger partial charge >= 0.3 is 5.97 Å². The van der Waals surface area contributed by atoms with E-state index in [1.807, 2.05) is 12.2 Å². The van der Waals surface area contributed by atoms with Crippen molar-refractivity contribution < 1.29 is 24.2 Å². The number of methoxy groups -OCH3 is 1. The fourth-order valence-corrected chi connectivity index (χ4v) is 3.84. The van der Waals surface area contributed by atoms with E-state index >= 15 is 0 Å². The molecule has 5 atom stereocenters. The molecule has 1 saturated carbocycles. The first-order chi connectivity index (χ1) is 10.1. The SMILES string of the molecule is COC1(CNC(=O)[C@H]2C3C=CC(C3)[C@H]2C(=O)O)CCOC1. The molecule has 2 N–H and O–H groups in total. The Kier molecular flexibility index (Phi) is 3.75. The van der Waals surface area contributed by atoms with Crippen molar-refractivity contribution in [3.8, 4) is 0 Å². The molecular weight excluding hydrogens is 274 g/mol. The predicted molar refractivity (Wildman–Crippen MR) is 73.5 cm³/mol. The molecule has 2 aliphatic carbocycles. The summed E-state index contributed by atoms with van der Waals surface area (Å²) >= 11 is 0. The smallest absolute Gasteiger partial charge is 0.307 e. The average molecular weight is 295 g/mol. The summed E-state index contributed by atoms with van der Waals surface area (Å²) in [5, 5.41) is 12.3. The lowest BCUT2D eigenvalue weighted by Gasteiger charge is -2.29. The monoisotopic (exact) mass is 295 g/mol. The standard InChI is InChI=1S/C15H21NO5/c1-20-15(4-5-21-8-15)7-16-13(17)11-9-2-3-10(6-9)12(11)14(18)19/h2-3,9-12H,4-8H2,1H3,(H,16,17)(H,18,19)/t9?,10?,11-,12+,15?/m0/s1. The molecule has 3 aliphatic rings. The summed E-state index contributed by atoms with van der Waals surface area (Å²) in [7, 11) is 1.61. The summed E-state index contributed by atoms with van der Waals surface area (Å²) in [6, 6.07) is 0. The third kappa shape index (κ3) is 2.46. The molecule has 6 heteroatoms. The number of aliphatic carboxylic acids is 1. The third-order valence-electron chi connectivity index (χ3n) is 5.13. The van der Waals surface area contributed by atoms with Gasteiger partial charge < -0.3 is 19.9 Å². The number of carbonyl (C=O) groups is 2. The number of ether oxygens (including phenoxy) is 2. The van der Waals surface area contributed by atoms with E-state index in [1.54, 1.807) is 7.11 Å². The van der Waals surface area contributed by atoms with E-state index < -0.39 is 23.4 Å². The fourth-order valence-electron chi connectivity index (χ4n) is 3.84. The van der Waals surface area contributed by atoms with Crippen molar-refractivity contribution in [2.75, 3.05) is 26.9 Å². The normalized spacial score (nSPS) is 40.6. The van der Waals surface area contributed by atoms with Gasteiger partial charge in [-0.3, -0.25) is 9.59 Å². The van der Waals surface area contributed by atoms with E-state index in [2.05, 4.69) is 5.32 Å². The van der Waals surface area contributed by atoms with Crippen LogP contribution < -0.4 is 5.32 Å². The van der Waals surface area contributed by atoms with E-state index in [1.165, 1.54) is 0 Å². The molecule has 1 saturated heterocycles. The van der Waals surface area contributed by atoms with E-state index in [0.717, 1.165) is 12.8 Å². The number of rotatable bonds is 5. The second-order valence-electron chi connectivity index (χ2n) is 6.25. The molecule has 3 unspecified atom stereocenters. The molecule has 21 heavy (non-hydrogen) atoms. The second kappa shape index (κ2) is 5.42. The van der Waals surface area contributed by atoms with Gasteiger partial charge in [-0.05, 0) is 18.3 Å². The summed E-state index contributed by atoms with van der Waals surface area (Å²) in [6.45, 7) is 1.45. The maximum atomic E-state index is 12.5. The second-order valence-corrected chi connectivity index (χ2v) is 6.25. The number of hydrogen-bond acceptors (Lipinski definition) is 4. The fraction of sp³-hybridized carbons (Fsp3) is 0.733. The van der Waals surface area contributed by atoms with Gasteiger partial charge in [0.2, 0.25) is 5.91 Å². The molecule has 0 radical (unpaired) electrons. The van der Waals surface area contributed by atoms with Gasteiger partial charge in [0.25, 0.3) is 0 Å². The highest BCUT2D eigenvalue weighted by atomic mass is 16.5. The quantitative estimate of drug-likeness (QED) is 0.719. The van der Waals surface area contributed by atoms with Gasteiger partial charge in [-0.1, -0.05) is 12.2 Å². The van der Waals surface area contributed by atoms with Crippen molar-refractivity contribution in [1.82, 2.24) is 5.32 Å². The maximum Gasteiger partial charge on any atom is 0.307 e.